The summed E-state index contributed by atoms with van der Waals surface area (Å²) < 4.78 is 0. The van der Waals surface area contributed by atoms with Gasteiger partial charge in [-0.3, -0.25) is 15.0 Å². The third kappa shape index (κ3) is 3.78. The predicted molar refractivity (Wildman–Crippen MR) is 101 cm³/mol. The maximum atomic E-state index is 12.2. The van der Waals surface area contributed by atoms with E-state index in [0.29, 0.717) is 10.7 Å². The number of carbonyl (C=O) groups excluding carboxylic acids is 1. The van der Waals surface area contributed by atoms with E-state index in [1.165, 1.54) is 22.5 Å². The summed E-state index contributed by atoms with van der Waals surface area (Å²) in [5.41, 5.74) is 4.51. The van der Waals surface area contributed by atoms with Crippen LogP contribution < -0.4 is 5.32 Å². The largest absolute Gasteiger partial charge is 0.298 e. The highest BCUT2D eigenvalue weighted by Gasteiger charge is 2.17. The Hall–Kier alpha value is -2.50. The number of benzene rings is 2. The summed E-state index contributed by atoms with van der Waals surface area (Å²) in [7, 11) is 0. The molecule has 0 aliphatic carbocycles. The number of amides is 1. The lowest BCUT2D eigenvalue weighted by atomic mass is 10.00. The Balaban J connectivity index is 1.38. The van der Waals surface area contributed by atoms with E-state index in [9.17, 15) is 4.79 Å². The number of hydrogen-bond donors (Lipinski definition) is 1. The normalized spacial score (nSPS) is 14.1. The molecule has 3 aromatic rings. The second-order valence-corrected chi connectivity index (χ2v) is 7.05. The summed E-state index contributed by atoms with van der Waals surface area (Å²) in [5.74, 6) is -0.117. The van der Waals surface area contributed by atoms with Crippen molar-refractivity contribution in [1.29, 1.82) is 0 Å². The van der Waals surface area contributed by atoms with Gasteiger partial charge in [-0.25, -0.2) is 4.98 Å². The second kappa shape index (κ2) is 7.17. The molecular weight excluding hydrogens is 330 g/mol. The van der Waals surface area contributed by atoms with E-state index < -0.39 is 0 Å². The first-order valence-electron chi connectivity index (χ1n) is 8.38. The van der Waals surface area contributed by atoms with Crippen molar-refractivity contribution in [2.45, 2.75) is 19.5 Å². The highest BCUT2D eigenvalue weighted by Crippen LogP contribution is 2.22. The van der Waals surface area contributed by atoms with E-state index in [2.05, 4.69) is 39.5 Å². The Kier molecular flexibility index (Phi) is 4.59. The number of aromatic nitrogens is 1. The predicted octanol–water partition coefficient (Wildman–Crippen LogP) is 3.95. The van der Waals surface area contributed by atoms with Crippen LogP contribution in [0.1, 0.15) is 27.2 Å². The molecule has 4 nitrogen and oxygen atoms in total. The SMILES string of the molecule is O=C(Nc1nc(CN2CCc3ccccc3C2)cs1)c1ccccc1. The fourth-order valence-electron chi connectivity index (χ4n) is 3.11. The molecule has 0 saturated carbocycles. The van der Waals surface area contributed by atoms with Gasteiger partial charge in [0, 0.05) is 30.6 Å². The van der Waals surface area contributed by atoms with Gasteiger partial charge in [-0.15, -0.1) is 11.3 Å². The number of hydrogen-bond acceptors (Lipinski definition) is 4. The van der Waals surface area contributed by atoms with Crippen LogP contribution in [0.2, 0.25) is 0 Å². The number of nitrogens with zero attached hydrogens (tertiary/aromatic N) is 2. The summed E-state index contributed by atoms with van der Waals surface area (Å²) in [6.45, 7) is 2.81. The van der Waals surface area contributed by atoms with Crippen LogP contribution >= 0.6 is 11.3 Å². The van der Waals surface area contributed by atoms with Crippen molar-refractivity contribution >= 4 is 22.4 Å². The van der Waals surface area contributed by atoms with Crippen molar-refractivity contribution in [2.75, 3.05) is 11.9 Å². The standard InChI is InChI=1S/C20H19N3OS/c24-19(16-7-2-1-3-8-16)22-20-21-18(14-25-20)13-23-11-10-15-6-4-5-9-17(15)12-23/h1-9,14H,10-13H2,(H,21,22,24). The van der Waals surface area contributed by atoms with Crippen LogP contribution in [0.5, 0.6) is 0 Å². The molecule has 4 rings (SSSR count). The van der Waals surface area contributed by atoms with Gasteiger partial charge in [0.2, 0.25) is 0 Å². The lowest BCUT2D eigenvalue weighted by molar-refractivity contribution is 0.102. The summed E-state index contributed by atoms with van der Waals surface area (Å²) in [6, 6.07) is 17.8. The molecule has 1 amide bonds. The molecule has 1 aliphatic heterocycles. The van der Waals surface area contributed by atoms with E-state index in [0.717, 1.165) is 31.7 Å². The number of anilines is 1. The molecule has 0 unspecified atom stereocenters. The second-order valence-electron chi connectivity index (χ2n) is 6.19. The first kappa shape index (κ1) is 16.0. The molecule has 126 valence electrons. The fraction of sp³-hybridized carbons (Fsp3) is 0.200. The van der Waals surface area contributed by atoms with Crippen LogP contribution in [0, 0.1) is 0 Å². The Morgan fingerprint density at radius 3 is 2.68 bits per heavy atom. The zero-order valence-corrected chi connectivity index (χ0v) is 14.6. The zero-order chi connectivity index (χ0) is 17.1. The van der Waals surface area contributed by atoms with Gasteiger partial charge in [-0.05, 0) is 29.7 Å². The van der Waals surface area contributed by atoms with E-state index in [-0.39, 0.29) is 5.91 Å². The van der Waals surface area contributed by atoms with Gasteiger partial charge in [-0.1, -0.05) is 42.5 Å². The molecule has 2 heterocycles. The van der Waals surface area contributed by atoms with Gasteiger partial charge in [0.1, 0.15) is 0 Å². The highest BCUT2D eigenvalue weighted by molar-refractivity contribution is 7.13. The first-order valence-corrected chi connectivity index (χ1v) is 9.26. The van der Waals surface area contributed by atoms with Crippen molar-refractivity contribution < 1.29 is 4.79 Å². The van der Waals surface area contributed by atoms with Gasteiger partial charge >= 0.3 is 0 Å². The zero-order valence-electron chi connectivity index (χ0n) is 13.8. The average Bonchev–Trinajstić information content (AvgIpc) is 3.09. The minimum Gasteiger partial charge on any atom is -0.298 e. The quantitative estimate of drug-likeness (QED) is 0.776. The number of nitrogens with one attached hydrogen (secondary N) is 1. The maximum absolute atomic E-state index is 12.2. The molecule has 0 saturated heterocycles. The van der Waals surface area contributed by atoms with Crippen molar-refractivity contribution in [3.63, 3.8) is 0 Å². The molecule has 0 atom stereocenters. The van der Waals surface area contributed by atoms with Gasteiger partial charge in [0.25, 0.3) is 5.91 Å². The Morgan fingerprint density at radius 1 is 1.08 bits per heavy atom. The number of thiazole rings is 1. The van der Waals surface area contributed by atoms with Crippen LogP contribution in [0.25, 0.3) is 0 Å². The van der Waals surface area contributed by atoms with Crippen LogP contribution in [-0.2, 0) is 19.5 Å². The number of fused-ring (bicyclic) bond motifs is 1. The highest BCUT2D eigenvalue weighted by atomic mass is 32.1. The molecule has 1 aliphatic rings. The smallest absolute Gasteiger partial charge is 0.257 e. The van der Waals surface area contributed by atoms with E-state index in [1.807, 2.05) is 23.6 Å². The molecule has 0 bridgehead atoms. The van der Waals surface area contributed by atoms with Gasteiger partial charge in [-0.2, -0.15) is 0 Å². The molecular formula is C20H19N3OS. The molecule has 0 spiro atoms. The van der Waals surface area contributed by atoms with Crippen LogP contribution in [0.15, 0.2) is 60.0 Å². The van der Waals surface area contributed by atoms with Crippen LogP contribution in [0.4, 0.5) is 5.13 Å². The van der Waals surface area contributed by atoms with Crippen LogP contribution in [0.3, 0.4) is 0 Å². The monoisotopic (exact) mass is 349 g/mol. The maximum Gasteiger partial charge on any atom is 0.257 e. The molecule has 25 heavy (non-hydrogen) atoms. The number of rotatable bonds is 4. The average molecular weight is 349 g/mol. The molecule has 5 heteroatoms. The van der Waals surface area contributed by atoms with Crippen molar-refractivity contribution in [3.05, 3.63) is 82.4 Å². The van der Waals surface area contributed by atoms with E-state index in [4.69, 9.17) is 0 Å². The number of carbonyl (C=O) groups is 1. The van der Waals surface area contributed by atoms with Crippen molar-refractivity contribution in [2.24, 2.45) is 0 Å². The van der Waals surface area contributed by atoms with Gasteiger partial charge in [0.15, 0.2) is 5.13 Å². The van der Waals surface area contributed by atoms with Crippen molar-refractivity contribution in [3.8, 4) is 0 Å². The molecule has 0 radical (unpaired) electrons. The van der Waals surface area contributed by atoms with Gasteiger partial charge < -0.3 is 0 Å². The molecule has 1 N–H and O–H groups in total. The Morgan fingerprint density at radius 2 is 1.84 bits per heavy atom. The summed E-state index contributed by atoms with van der Waals surface area (Å²) in [6.07, 6.45) is 1.08. The molecule has 0 fully saturated rings. The fourth-order valence-corrected chi connectivity index (χ4v) is 3.81. The third-order valence-electron chi connectivity index (χ3n) is 4.40. The third-order valence-corrected chi connectivity index (χ3v) is 5.21. The molecule has 1 aromatic heterocycles. The first-order chi connectivity index (χ1) is 12.3. The summed E-state index contributed by atoms with van der Waals surface area (Å²) >= 11 is 1.48. The lowest BCUT2D eigenvalue weighted by Crippen LogP contribution is -2.30. The topological polar surface area (TPSA) is 45.2 Å². The Labute approximate surface area is 151 Å². The molecule has 2 aromatic carbocycles. The summed E-state index contributed by atoms with van der Waals surface area (Å²) in [5, 5.41) is 5.56. The van der Waals surface area contributed by atoms with E-state index in [1.54, 1.807) is 12.1 Å². The lowest BCUT2D eigenvalue weighted by Gasteiger charge is -2.27. The Bertz CT molecular complexity index is 875. The van der Waals surface area contributed by atoms with Crippen molar-refractivity contribution in [1.82, 2.24) is 9.88 Å². The van der Waals surface area contributed by atoms with Crippen LogP contribution in [-0.4, -0.2) is 22.3 Å². The van der Waals surface area contributed by atoms with Gasteiger partial charge in [0.05, 0.1) is 5.69 Å². The van der Waals surface area contributed by atoms with E-state index >= 15 is 0 Å². The minimum atomic E-state index is -0.117. The summed E-state index contributed by atoms with van der Waals surface area (Å²) in [4.78, 5) is 19.2. The minimum absolute atomic E-state index is 0.117.